The van der Waals surface area contributed by atoms with Crippen molar-refractivity contribution in [1.82, 2.24) is 10.6 Å². The van der Waals surface area contributed by atoms with Gasteiger partial charge >= 0.3 is 0 Å². The number of nitrogens with one attached hydrogen (secondary N) is 2. The van der Waals surface area contributed by atoms with E-state index in [-0.39, 0.29) is 0 Å². The maximum Gasteiger partial charge on any atom is 0.167 e. The third kappa shape index (κ3) is 4.82. The highest BCUT2D eigenvalue weighted by Crippen LogP contribution is 1.97. The van der Waals surface area contributed by atoms with E-state index < -0.39 is 12.0 Å². The quantitative estimate of drug-likeness (QED) is 0.731. The molecule has 4 nitrogen and oxygen atoms in total. The van der Waals surface area contributed by atoms with Gasteiger partial charge in [0.05, 0.1) is 12.0 Å². The molecule has 0 amide bonds. The zero-order valence-corrected chi connectivity index (χ0v) is 10.4. The molecular formula is C12H15N2O2S-. The third-order valence-corrected chi connectivity index (χ3v) is 2.56. The SMILES string of the molecule is CC[C@H](NC(=S)NCc1ccccc1)C(=O)[O-]. The molecule has 0 radical (unpaired) electrons. The summed E-state index contributed by atoms with van der Waals surface area (Å²) in [6.07, 6.45) is 0.426. The molecular weight excluding hydrogens is 236 g/mol. The molecule has 0 aliphatic heterocycles. The lowest BCUT2D eigenvalue weighted by molar-refractivity contribution is -0.308. The average molecular weight is 251 g/mol. The number of aliphatic carboxylic acids is 1. The van der Waals surface area contributed by atoms with E-state index in [2.05, 4.69) is 10.6 Å². The molecule has 0 unspecified atom stereocenters. The zero-order valence-electron chi connectivity index (χ0n) is 9.60. The molecule has 0 spiro atoms. The number of rotatable bonds is 5. The third-order valence-electron chi connectivity index (χ3n) is 2.29. The van der Waals surface area contributed by atoms with Gasteiger partial charge in [-0.15, -0.1) is 0 Å². The number of hydrogen-bond donors (Lipinski definition) is 2. The van der Waals surface area contributed by atoms with E-state index in [0.29, 0.717) is 18.1 Å². The summed E-state index contributed by atoms with van der Waals surface area (Å²) in [5.41, 5.74) is 1.08. The molecule has 1 aromatic rings. The number of carbonyl (C=O) groups excluding carboxylic acids is 1. The lowest BCUT2D eigenvalue weighted by Crippen LogP contribution is -2.50. The molecule has 17 heavy (non-hydrogen) atoms. The van der Waals surface area contributed by atoms with Crippen molar-refractivity contribution in [3.8, 4) is 0 Å². The van der Waals surface area contributed by atoms with Crippen LogP contribution in [-0.4, -0.2) is 17.1 Å². The summed E-state index contributed by atoms with van der Waals surface area (Å²) < 4.78 is 0. The highest BCUT2D eigenvalue weighted by Gasteiger charge is 2.07. The molecule has 0 aromatic heterocycles. The van der Waals surface area contributed by atoms with Crippen LogP contribution >= 0.6 is 12.2 Å². The van der Waals surface area contributed by atoms with Crippen LogP contribution in [0.25, 0.3) is 0 Å². The molecule has 0 aliphatic rings. The summed E-state index contributed by atoms with van der Waals surface area (Å²) in [5, 5.41) is 16.6. The van der Waals surface area contributed by atoms with E-state index in [1.807, 2.05) is 30.3 Å². The van der Waals surface area contributed by atoms with Gasteiger partial charge in [0, 0.05) is 6.54 Å². The summed E-state index contributed by atoms with van der Waals surface area (Å²) in [6, 6.07) is 8.99. The number of carboxylic acid groups (broad SMARTS) is 1. The summed E-state index contributed by atoms with van der Waals surface area (Å²) in [4.78, 5) is 10.7. The Morgan fingerprint density at radius 1 is 1.41 bits per heavy atom. The Balaban J connectivity index is 2.37. The molecule has 1 aromatic carbocycles. The average Bonchev–Trinajstić information content (AvgIpc) is 2.34. The monoisotopic (exact) mass is 251 g/mol. The second-order valence-electron chi connectivity index (χ2n) is 3.59. The highest BCUT2D eigenvalue weighted by molar-refractivity contribution is 7.80. The lowest BCUT2D eigenvalue weighted by Gasteiger charge is -2.20. The van der Waals surface area contributed by atoms with Crippen molar-refractivity contribution in [3.63, 3.8) is 0 Å². The Morgan fingerprint density at radius 3 is 2.59 bits per heavy atom. The van der Waals surface area contributed by atoms with Gasteiger partial charge < -0.3 is 20.5 Å². The molecule has 0 saturated carbocycles. The Bertz CT molecular complexity index is 381. The van der Waals surface area contributed by atoms with Gasteiger partial charge in [0.25, 0.3) is 0 Å². The van der Waals surface area contributed by atoms with Crippen molar-refractivity contribution in [2.45, 2.75) is 25.9 Å². The van der Waals surface area contributed by atoms with Crippen LogP contribution in [0.1, 0.15) is 18.9 Å². The van der Waals surface area contributed by atoms with Crippen LogP contribution in [0.4, 0.5) is 0 Å². The van der Waals surface area contributed by atoms with Crippen molar-refractivity contribution in [3.05, 3.63) is 35.9 Å². The fourth-order valence-corrected chi connectivity index (χ4v) is 1.53. The molecule has 0 heterocycles. The highest BCUT2D eigenvalue weighted by atomic mass is 32.1. The van der Waals surface area contributed by atoms with Crippen LogP contribution < -0.4 is 15.7 Å². The minimum absolute atomic E-state index is 0.324. The van der Waals surface area contributed by atoms with E-state index in [9.17, 15) is 9.90 Å². The van der Waals surface area contributed by atoms with E-state index in [1.54, 1.807) is 6.92 Å². The van der Waals surface area contributed by atoms with Crippen LogP contribution in [0.3, 0.4) is 0 Å². The summed E-state index contributed by atoms with van der Waals surface area (Å²) >= 11 is 5.00. The van der Waals surface area contributed by atoms with Gasteiger partial charge in [0.2, 0.25) is 0 Å². The molecule has 0 bridgehead atoms. The van der Waals surface area contributed by atoms with Gasteiger partial charge in [-0.3, -0.25) is 0 Å². The van der Waals surface area contributed by atoms with Gasteiger partial charge in [-0.1, -0.05) is 37.3 Å². The molecule has 0 aliphatic carbocycles. The number of carboxylic acids is 1. The summed E-state index contributed by atoms with van der Waals surface area (Å²) in [5.74, 6) is -1.14. The predicted octanol–water partition coefficient (Wildman–Crippen LogP) is 0.179. The first kappa shape index (κ1) is 13.4. The fraction of sp³-hybridized carbons (Fsp3) is 0.333. The largest absolute Gasteiger partial charge is 0.548 e. The normalized spacial score (nSPS) is 11.6. The Hall–Kier alpha value is -1.62. The minimum Gasteiger partial charge on any atom is -0.548 e. The first-order chi connectivity index (χ1) is 8.13. The van der Waals surface area contributed by atoms with Gasteiger partial charge in [-0.05, 0) is 24.2 Å². The summed E-state index contributed by atoms with van der Waals surface area (Å²) in [6.45, 7) is 2.32. The number of hydrogen-bond acceptors (Lipinski definition) is 3. The van der Waals surface area contributed by atoms with Crippen molar-refractivity contribution >= 4 is 23.3 Å². The van der Waals surface area contributed by atoms with Crippen molar-refractivity contribution in [1.29, 1.82) is 0 Å². The Morgan fingerprint density at radius 2 is 2.06 bits per heavy atom. The maximum absolute atomic E-state index is 10.7. The Labute approximate surface area is 106 Å². The van der Waals surface area contributed by atoms with Crippen molar-refractivity contribution < 1.29 is 9.90 Å². The standard InChI is InChI=1S/C12H16N2O2S/c1-2-10(11(15)16)14-12(17)13-8-9-6-4-3-5-7-9/h3-7,10H,2,8H2,1H3,(H,15,16)(H2,13,14,17)/p-1/t10-/m0/s1. The van der Waals surface area contributed by atoms with Gasteiger partial charge in [-0.25, -0.2) is 0 Å². The van der Waals surface area contributed by atoms with Crippen molar-refractivity contribution in [2.24, 2.45) is 0 Å². The predicted molar refractivity (Wildman–Crippen MR) is 68.1 cm³/mol. The topological polar surface area (TPSA) is 64.2 Å². The van der Waals surface area contributed by atoms with Crippen molar-refractivity contribution in [2.75, 3.05) is 0 Å². The molecule has 1 rings (SSSR count). The van der Waals surface area contributed by atoms with Crippen LogP contribution in [0, 0.1) is 0 Å². The van der Waals surface area contributed by atoms with Crippen LogP contribution in [0.2, 0.25) is 0 Å². The maximum atomic E-state index is 10.7. The number of thiocarbonyl (C=S) groups is 1. The number of benzene rings is 1. The molecule has 0 fully saturated rings. The minimum atomic E-state index is -1.14. The Kier molecular flexibility index (Phi) is 5.42. The lowest BCUT2D eigenvalue weighted by atomic mass is 10.2. The zero-order chi connectivity index (χ0) is 12.7. The molecule has 2 N–H and O–H groups in total. The second kappa shape index (κ2) is 6.85. The molecule has 5 heteroatoms. The van der Waals surface area contributed by atoms with Gasteiger partial charge in [0.1, 0.15) is 0 Å². The van der Waals surface area contributed by atoms with Crippen LogP contribution in [-0.2, 0) is 11.3 Å². The molecule has 0 saturated heterocycles. The fourth-order valence-electron chi connectivity index (χ4n) is 1.32. The first-order valence-corrected chi connectivity index (χ1v) is 5.83. The van der Waals surface area contributed by atoms with Gasteiger partial charge in [-0.2, -0.15) is 0 Å². The van der Waals surface area contributed by atoms with E-state index in [0.717, 1.165) is 5.56 Å². The van der Waals surface area contributed by atoms with Crippen LogP contribution in [0.15, 0.2) is 30.3 Å². The smallest absolute Gasteiger partial charge is 0.167 e. The number of carbonyl (C=O) groups is 1. The summed E-state index contributed by atoms with van der Waals surface area (Å²) in [7, 11) is 0. The van der Waals surface area contributed by atoms with Gasteiger partial charge in [0.15, 0.2) is 5.11 Å². The van der Waals surface area contributed by atoms with E-state index in [1.165, 1.54) is 0 Å². The second-order valence-corrected chi connectivity index (χ2v) is 4.00. The van der Waals surface area contributed by atoms with E-state index in [4.69, 9.17) is 12.2 Å². The molecule has 92 valence electrons. The molecule has 1 atom stereocenters. The first-order valence-electron chi connectivity index (χ1n) is 5.42. The van der Waals surface area contributed by atoms with Crippen LogP contribution in [0.5, 0.6) is 0 Å². The van der Waals surface area contributed by atoms with E-state index >= 15 is 0 Å².